The van der Waals surface area contributed by atoms with Crippen LogP contribution in [-0.4, -0.2) is 50.4 Å². The fourth-order valence-electron chi connectivity index (χ4n) is 3.75. The maximum absolute atomic E-state index is 5.61. The van der Waals surface area contributed by atoms with Gasteiger partial charge in [0.1, 0.15) is 0 Å². The highest BCUT2D eigenvalue weighted by Gasteiger charge is 2.34. The summed E-state index contributed by atoms with van der Waals surface area (Å²) in [6, 6.07) is 12.3. The zero-order valence-electron chi connectivity index (χ0n) is 15.9. The molecule has 2 heterocycles. The molecular weight excluding hydrogens is 328 g/mol. The van der Waals surface area contributed by atoms with Crippen molar-refractivity contribution in [3.63, 3.8) is 0 Å². The molecule has 2 aromatic rings. The summed E-state index contributed by atoms with van der Waals surface area (Å²) >= 11 is 0. The topological polar surface area (TPSA) is 43.8 Å². The zero-order valence-corrected chi connectivity index (χ0v) is 15.9. The van der Waals surface area contributed by atoms with E-state index in [-0.39, 0.29) is 0 Å². The van der Waals surface area contributed by atoms with Crippen LogP contribution in [0.5, 0.6) is 11.5 Å². The normalized spacial score (nSPS) is 20.3. The first-order valence-electron chi connectivity index (χ1n) is 9.17. The van der Waals surface area contributed by atoms with E-state index >= 15 is 0 Å². The second-order valence-corrected chi connectivity index (χ2v) is 6.69. The molecule has 1 fully saturated rings. The summed E-state index contributed by atoms with van der Waals surface area (Å²) in [5, 5.41) is 0. The largest absolute Gasteiger partial charge is 0.493 e. The average Bonchev–Trinajstić information content (AvgIpc) is 3.06. The van der Waals surface area contributed by atoms with E-state index < -0.39 is 0 Å². The fraction of sp³-hybridized carbons (Fsp3) is 0.476. The summed E-state index contributed by atoms with van der Waals surface area (Å²) in [7, 11) is 3.46. The van der Waals surface area contributed by atoms with Crippen molar-refractivity contribution in [3.8, 4) is 11.5 Å². The molecule has 0 bridgehead atoms. The Bertz CT molecular complexity index is 693. The van der Waals surface area contributed by atoms with Gasteiger partial charge in [0, 0.05) is 50.5 Å². The van der Waals surface area contributed by atoms with E-state index in [1.54, 1.807) is 14.2 Å². The van der Waals surface area contributed by atoms with Gasteiger partial charge in [0.05, 0.1) is 20.3 Å². The number of benzene rings is 1. The maximum atomic E-state index is 5.61. The Balaban J connectivity index is 1.72. The molecule has 5 heteroatoms. The van der Waals surface area contributed by atoms with Gasteiger partial charge in [0.25, 0.3) is 0 Å². The van der Waals surface area contributed by atoms with Gasteiger partial charge in [0.2, 0.25) is 0 Å². The Morgan fingerprint density at radius 2 is 2.00 bits per heavy atom. The van der Waals surface area contributed by atoms with E-state index in [2.05, 4.69) is 34.1 Å². The molecule has 1 aliphatic rings. The Kier molecular flexibility index (Phi) is 6.47. The third-order valence-corrected chi connectivity index (χ3v) is 4.90. The van der Waals surface area contributed by atoms with Gasteiger partial charge >= 0.3 is 0 Å². The molecule has 0 saturated carbocycles. The molecule has 140 valence electrons. The third-order valence-electron chi connectivity index (χ3n) is 4.90. The van der Waals surface area contributed by atoms with Crippen molar-refractivity contribution in [2.75, 3.05) is 40.5 Å². The number of rotatable bonds is 8. The van der Waals surface area contributed by atoms with Crippen LogP contribution in [0, 0.1) is 5.92 Å². The number of ether oxygens (including phenoxy) is 3. The molecule has 1 saturated heterocycles. The molecule has 5 nitrogen and oxygen atoms in total. The van der Waals surface area contributed by atoms with Crippen LogP contribution >= 0.6 is 0 Å². The van der Waals surface area contributed by atoms with Crippen molar-refractivity contribution >= 4 is 0 Å². The van der Waals surface area contributed by atoms with Gasteiger partial charge in [-0.1, -0.05) is 12.1 Å². The second-order valence-electron chi connectivity index (χ2n) is 6.69. The molecule has 0 aliphatic carbocycles. The van der Waals surface area contributed by atoms with E-state index in [9.17, 15) is 0 Å². The van der Waals surface area contributed by atoms with Crippen LogP contribution in [0.2, 0.25) is 0 Å². The van der Waals surface area contributed by atoms with Crippen molar-refractivity contribution in [1.82, 2.24) is 9.88 Å². The monoisotopic (exact) mass is 356 g/mol. The van der Waals surface area contributed by atoms with Crippen molar-refractivity contribution in [2.45, 2.75) is 19.4 Å². The van der Waals surface area contributed by atoms with Crippen LogP contribution in [0.25, 0.3) is 0 Å². The average molecular weight is 356 g/mol. The number of hydrogen-bond acceptors (Lipinski definition) is 5. The SMILES string of the molecule is CCOc1ccc(CN2CC(COC)C(c3ccccn3)C2)cc1OC. The predicted molar refractivity (Wildman–Crippen MR) is 102 cm³/mol. The minimum Gasteiger partial charge on any atom is -0.493 e. The van der Waals surface area contributed by atoms with Crippen LogP contribution in [0.1, 0.15) is 24.1 Å². The minimum absolute atomic E-state index is 0.403. The first kappa shape index (κ1) is 18.7. The van der Waals surface area contributed by atoms with Crippen LogP contribution in [0.3, 0.4) is 0 Å². The van der Waals surface area contributed by atoms with Crippen molar-refractivity contribution in [1.29, 1.82) is 0 Å². The molecule has 0 N–H and O–H groups in total. The molecule has 2 unspecified atom stereocenters. The molecule has 1 aromatic carbocycles. The molecule has 26 heavy (non-hydrogen) atoms. The summed E-state index contributed by atoms with van der Waals surface area (Å²) in [6.45, 7) is 6.24. The van der Waals surface area contributed by atoms with E-state index in [4.69, 9.17) is 14.2 Å². The number of aromatic nitrogens is 1. The number of hydrogen-bond donors (Lipinski definition) is 0. The quantitative estimate of drug-likeness (QED) is 0.726. The van der Waals surface area contributed by atoms with E-state index in [0.29, 0.717) is 18.4 Å². The number of likely N-dealkylation sites (tertiary alicyclic amines) is 1. The highest BCUT2D eigenvalue weighted by Crippen LogP contribution is 2.34. The Labute approximate surface area is 155 Å². The minimum atomic E-state index is 0.403. The molecule has 1 aliphatic heterocycles. The van der Waals surface area contributed by atoms with Crippen LogP contribution < -0.4 is 9.47 Å². The van der Waals surface area contributed by atoms with E-state index in [1.165, 1.54) is 5.56 Å². The van der Waals surface area contributed by atoms with Gasteiger partial charge in [-0.05, 0) is 36.8 Å². The van der Waals surface area contributed by atoms with Crippen molar-refractivity contribution < 1.29 is 14.2 Å². The molecule has 2 atom stereocenters. The van der Waals surface area contributed by atoms with Gasteiger partial charge in [0.15, 0.2) is 11.5 Å². The van der Waals surface area contributed by atoms with Gasteiger partial charge in [-0.25, -0.2) is 0 Å². The predicted octanol–water partition coefficient (Wildman–Crippen LogP) is 3.35. The van der Waals surface area contributed by atoms with Crippen molar-refractivity contribution in [2.24, 2.45) is 5.92 Å². The summed E-state index contributed by atoms with van der Waals surface area (Å²) in [5.74, 6) is 2.45. The summed E-state index contributed by atoms with van der Waals surface area (Å²) in [4.78, 5) is 7.05. The molecule has 0 amide bonds. The fourth-order valence-corrected chi connectivity index (χ4v) is 3.75. The first-order chi connectivity index (χ1) is 12.7. The standard InChI is InChI=1S/C21H28N2O3/c1-4-26-20-9-8-16(11-21(20)25-3)12-23-13-17(15-24-2)18(14-23)19-7-5-6-10-22-19/h5-11,17-18H,4,12-15H2,1-3H3. The third kappa shape index (κ3) is 4.34. The summed E-state index contributed by atoms with van der Waals surface area (Å²) < 4.78 is 16.6. The summed E-state index contributed by atoms with van der Waals surface area (Å²) in [5.41, 5.74) is 2.38. The lowest BCUT2D eigenvalue weighted by Crippen LogP contribution is -2.21. The van der Waals surface area contributed by atoms with Gasteiger partial charge in [-0.2, -0.15) is 0 Å². The lowest BCUT2D eigenvalue weighted by Gasteiger charge is -2.17. The molecule has 1 aromatic heterocycles. The molecule has 0 spiro atoms. The van der Waals surface area contributed by atoms with E-state index in [1.807, 2.05) is 25.3 Å². The van der Waals surface area contributed by atoms with Gasteiger partial charge in [-0.3, -0.25) is 9.88 Å². The molecule has 3 rings (SSSR count). The summed E-state index contributed by atoms with van der Waals surface area (Å²) in [6.07, 6.45) is 1.87. The van der Waals surface area contributed by atoms with Crippen molar-refractivity contribution in [3.05, 3.63) is 53.9 Å². The van der Waals surface area contributed by atoms with Crippen LogP contribution in [-0.2, 0) is 11.3 Å². The Hall–Kier alpha value is -2.11. The Morgan fingerprint density at radius 3 is 2.69 bits per heavy atom. The lowest BCUT2D eigenvalue weighted by atomic mass is 9.93. The Morgan fingerprint density at radius 1 is 1.12 bits per heavy atom. The lowest BCUT2D eigenvalue weighted by molar-refractivity contribution is 0.147. The van der Waals surface area contributed by atoms with Crippen LogP contribution in [0.4, 0.5) is 0 Å². The number of nitrogens with zero attached hydrogens (tertiary/aromatic N) is 2. The highest BCUT2D eigenvalue weighted by atomic mass is 16.5. The second kappa shape index (κ2) is 9.01. The molecular formula is C21H28N2O3. The number of pyridine rings is 1. The van der Waals surface area contributed by atoms with Crippen LogP contribution in [0.15, 0.2) is 42.6 Å². The van der Waals surface area contributed by atoms with Gasteiger partial charge < -0.3 is 14.2 Å². The zero-order chi connectivity index (χ0) is 18.4. The number of methoxy groups -OCH3 is 2. The maximum Gasteiger partial charge on any atom is 0.161 e. The highest BCUT2D eigenvalue weighted by molar-refractivity contribution is 5.43. The van der Waals surface area contributed by atoms with Gasteiger partial charge in [-0.15, -0.1) is 0 Å². The van der Waals surface area contributed by atoms with E-state index in [0.717, 1.165) is 43.4 Å². The molecule has 0 radical (unpaired) electrons. The smallest absolute Gasteiger partial charge is 0.161 e. The first-order valence-corrected chi connectivity index (χ1v) is 9.17.